The Morgan fingerprint density at radius 2 is 1.90 bits per heavy atom. The maximum absolute atomic E-state index is 14.7. The second-order valence-corrected chi connectivity index (χ2v) is 7.30. The Balaban J connectivity index is 1.79. The van der Waals surface area contributed by atoms with Crippen LogP contribution in [0, 0.1) is 5.82 Å². The number of rotatable bonds is 8. The van der Waals surface area contributed by atoms with Crippen LogP contribution < -0.4 is 10.5 Å². The van der Waals surface area contributed by atoms with Crippen LogP contribution in [0.1, 0.15) is 21.5 Å². The van der Waals surface area contributed by atoms with Gasteiger partial charge < -0.3 is 25.0 Å². The Bertz CT molecular complexity index is 915. The molecule has 0 radical (unpaired) electrons. The molecule has 166 valence electrons. The zero-order chi connectivity index (χ0) is 22.2. The fraction of sp³-hybridized carbons (Fsp3) is 0.391. The van der Waals surface area contributed by atoms with Gasteiger partial charge in [-0.25, -0.2) is 9.18 Å². The van der Waals surface area contributed by atoms with Gasteiger partial charge in [0.25, 0.3) is 0 Å². The van der Waals surface area contributed by atoms with Crippen molar-refractivity contribution in [2.75, 3.05) is 46.5 Å². The van der Waals surface area contributed by atoms with E-state index in [0.29, 0.717) is 44.8 Å². The molecule has 1 heterocycles. The molecule has 0 aromatic heterocycles. The van der Waals surface area contributed by atoms with Gasteiger partial charge in [-0.3, -0.25) is 4.79 Å². The molecule has 2 amide bonds. The smallest absolute Gasteiger partial charge is 0.320 e. The lowest BCUT2D eigenvalue weighted by molar-refractivity contribution is 0.0426. The Labute approximate surface area is 181 Å². The number of para-hydroxylation sites is 1. The van der Waals surface area contributed by atoms with Gasteiger partial charge in [-0.05, 0) is 24.1 Å². The molecular weight excluding hydrogens is 401 g/mol. The van der Waals surface area contributed by atoms with Gasteiger partial charge in [0.15, 0.2) is 5.78 Å². The Hall–Kier alpha value is -2.97. The van der Waals surface area contributed by atoms with Crippen molar-refractivity contribution in [3.63, 3.8) is 0 Å². The van der Waals surface area contributed by atoms with E-state index < -0.39 is 5.82 Å². The molecule has 0 spiro atoms. The predicted molar refractivity (Wildman–Crippen MR) is 115 cm³/mol. The largest absolute Gasteiger partial charge is 0.496 e. The van der Waals surface area contributed by atoms with E-state index in [2.05, 4.69) is 0 Å². The standard InChI is InChI=1S/C23H28FN3O4/c1-30-22-5-3-2-4-17(22)8-9-27(23(29)26-10-12-31-13-11-26)16-19-7-6-18(14-20(19)24)21(28)15-25/h2-7,14H,8-13,15-16,25H2,1H3. The quantitative estimate of drug-likeness (QED) is 0.652. The molecule has 8 heteroatoms. The van der Waals surface area contributed by atoms with Crippen LogP contribution in [-0.4, -0.2) is 68.1 Å². The van der Waals surface area contributed by atoms with Crippen LogP contribution in [0.3, 0.4) is 0 Å². The molecule has 0 bridgehead atoms. The lowest BCUT2D eigenvalue weighted by atomic mass is 10.1. The number of benzene rings is 2. The summed E-state index contributed by atoms with van der Waals surface area (Å²) in [6.45, 7) is 2.26. The number of urea groups is 1. The summed E-state index contributed by atoms with van der Waals surface area (Å²) in [6.07, 6.45) is 0.561. The Morgan fingerprint density at radius 3 is 2.58 bits per heavy atom. The molecule has 1 fully saturated rings. The van der Waals surface area contributed by atoms with Crippen LogP contribution in [-0.2, 0) is 17.7 Å². The summed E-state index contributed by atoms with van der Waals surface area (Å²) < 4.78 is 25.5. The van der Waals surface area contributed by atoms with Gasteiger partial charge >= 0.3 is 6.03 Å². The van der Waals surface area contributed by atoms with E-state index in [1.54, 1.807) is 29.0 Å². The third-order valence-corrected chi connectivity index (χ3v) is 5.32. The van der Waals surface area contributed by atoms with E-state index in [0.717, 1.165) is 11.3 Å². The van der Waals surface area contributed by atoms with Crippen molar-refractivity contribution in [1.29, 1.82) is 0 Å². The molecule has 1 aliphatic rings. The fourth-order valence-electron chi connectivity index (χ4n) is 3.53. The van der Waals surface area contributed by atoms with Gasteiger partial charge in [-0.1, -0.05) is 30.3 Å². The number of amides is 2. The predicted octanol–water partition coefficient (Wildman–Crippen LogP) is 2.47. The van der Waals surface area contributed by atoms with Crippen LogP contribution >= 0.6 is 0 Å². The minimum absolute atomic E-state index is 0.0915. The molecule has 3 rings (SSSR count). The van der Waals surface area contributed by atoms with Gasteiger partial charge in [-0.2, -0.15) is 0 Å². The number of hydrogen-bond acceptors (Lipinski definition) is 5. The second kappa shape index (κ2) is 10.9. The van der Waals surface area contributed by atoms with E-state index in [1.165, 1.54) is 6.07 Å². The number of carbonyl (C=O) groups is 2. The highest BCUT2D eigenvalue weighted by Crippen LogP contribution is 2.20. The zero-order valence-electron chi connectivity index (χ0n) is 17.7. The number of morpholine rings is 1. The molecule has 2 aromatic rings. The van der Waals surface area contributed by atoms with E-state index in [1.807, 2.05) is 24.3 Å². The van der Waals surface area contributed by atoms with Crippen LogP contribution in [0.25, 0.3) is 0 Å². The van der Waals surface area contributed by atoms with E-state index in [4.69, 9.17) is 15.2 Å². The van der Waals surface area contributed by atoms with E-state index in [-0.39, 0.29) is 30.5 Å². The summed E-state index contributed by atoms with van der Waals surface area (Å²) in [5, 5.41) is 0. The second-order valence-electron chi connectivity index (χ2n) is 7.30. The van der Waals surface area contributed by atoms with Gasteiger partial charge in [0.2, 0.25) is 0 Å². The molecule has 2 N–H and O–H groups in total. The first-order valence-corrected chi connectivity index (χ1v) is 10.3. The molecule has 1 aliphatic heterocycles. The minimum Gasteiger partial charge on any atom is -0.496 e. The molecule has 7 nitrogen and oxygen atoms in total. The van der Waals surface area contributed by atoms with Gasteiger partial charge in [0.1, 0.15) is 11.6 Å². The van der Waals surface area contributed by atoms with Crippen LogP contribution in [0.4, 0.5) is 9.18 Å². The number of carbonyl (C=O) groups excluding carboxylic acids is 2. The first kappa shape index (κ1) is 22.7. The third-order valence-electron chi connectivity index (χ3n) is 5.32. The number of nitrogens with two attached hydrogens (primary N) is 1. The summed E-state index contributed by atoms with van der Waals surface area (Å²) in [5.41, 5.74) is 6.90. The topological polar surface area (TPSA) is 85.1 Å². The first-order chi connectivity index (χ1) is 15.0. The Kier molecular flexibility index (Phi) is 7.97. The van der Waals surface area contributed by atoms with E-state index >= 15 is 0 Å². The summed E-state index contributed by atoms with van der Waals surface area (Å²) in [6, 6.07) is 11.7. The maximum Gasteiger partial charge on any atom is 0.320 e. The number of ketones is 1. The van der Waals surface area contributed by atoms with Gasteiger partial charge in [0.05, 0.1) is 33.4 Å². The van der Waals surface area contributed by atoms with Crippen molar-refractivity contribution < 1.29 is 23.5 Å². The maximum atomic E-state index is 14.7. The third kappa shape index (κ3) is 5.80. The number of halogens is 1. The molecule has 0 unspecified atom stereocenters. The van der Waals surface area contributed by atoms with Crippen molar-refractivity contribution in [3.8, 4) is 5.75 Å². The highest BCUT2D eigenvalue weighted by Gasteiger charge is 2.24. The van der Waals surface area contributed by atoms with Crippen molar-refractivity contribution in [2.45, 2.75) is 13.0 Å². The van der Waals surface area contributed by atoms with Crippen LogP contribution in [0.15, 0.2) is 42.5 Å². The Morgan fingerprint density at radius 1 is 1.16 bits per heavy atom. The van der Waals surface area contributed by atoms with Crippen LogP contribution in [0.2, 0.25) is 0 Å². The van der Waals surface area contributed by atoms with Crippen molar-refractivity contribution in [3.05, 3.63) is 65.0 Å². The van der Waals surface area contributed by atoms with Crippen molar-refractivity contribution in [1.82, 2.24) is 9.80 Å². The SMILES string of the molecule is COc1ccccc1CCN(Cc1ccc(C(=O)CN)cc1F)C(=O)N1CCOCC1. The lowest BCUT2D eigenvalue weighted by Crippen LogP contribution is -2.48. The number of ether oxygens (including phenoxy) is 2. The van der Waals surface area contributed by atoms with Gasteiger partial charge in [0, 0.05) is 30.8 Å². The lowest BCUT2D eigenvalue weighted by Gasteiger charge is -2.33. The summed E-state index contributed by atoms with van der Waals surface area (Å²) in [7, 11) is 1.61. The number of nitrogens with zero attached hydrogens (tertiary/aromatic N) is 2. The molecule has 1 saturated heterocycles. The van der Waals surface area contributed by atoms with Gasteiger partial charge in [-0.15, -0.1) is 0 Å². The molecule has 2 aromatic carbocycles. The number of methoxy groups -OCH3 is 1. The van der Waals surface area contributed by atoms with Crippen molar-refractivity contribution in [2.24, 2.45) is 5.73 Å². The summed E-state index contributed by atoms with van der Waals surface area (Å²) >= 11 is 0. The normalized spacial score (nSPS) is 13.7. The molecule has 0 aliphatic carbocycles. The number of Topliss-reactive ketones (excluding diaryl/α,β-unsaturated/α-hetero) is 1. The first-order valence-electron chi connectivity index (χ1n) is 10.3. The molecule has 31 heavy (non-hydrogen) atoms. The number of hydrogen-bond donors (Lipinski definition) is 1. The molecule has 0 atom stereocenters. The fourth-order valence-corrected chi connectivity index (χ4v) is 3.53. The molecular formula is C23H28FN3O4. The summed E-state index contributed by atoms with van der Waals surface area (Å²) in [5.74, 6) is -0.114. The monoisotopic (exact) mass is 429 g/mol. The molecule has 0 saturated carbocycles. The average Bonchev–Trinajstić information content (AvgIpc) is 2.82. The average molecular weight is 429 g/mol. The highest BCUT2D eigenvalue weighted by atomic mass is 19.1. The van der Waals surface area contributed by atoms with Crippen LogP contribution in [0.5, 0.6) is 5.75 Å². The summed E-state index contributed by atoms with van der Waals surface area (Å²) in [4.78, 5) is 28.3. The van der Waals surface area contributed by atoms with E-state index in [9.17, 15) is 14.0 Å². The van der Waals surface area contributed by atoms with Crippen molar-refractivity contribution >= 4 is 11.8 Å². The minimum atomic E-state index is -0.531. The zero-order valence-corrected chi connectivity index (χ0v) is 17.7. The highest BCUT2D eigenvalue weighted by molar-refractivity contribution is 5.97.